The highest BCUT2D eigenvalue weighted by molar-refractivity contribution is 7.64. The number of likely N-dealkylation sites (tertiary alicyclic amines) is 1. The average molecular weight is 650 g/mol. The average Bonchev–Trinajstić information content (AvgIpc) is 3.14. The van der Waals surface area contributed by atoms with Gasteiger partial charge >= 0.3 is 6.18 Å². The van der Waals surface area contributed by atoms with Gasteiger partial charge in [0.1, 0.15) is 11.9 Å². The zero-order chi connectivity index (χ0) is 31.3. The van der Waals surface area contributed by atoms with E-state index in [1.165, 1.54) is 16.6 Å². The molecule has 1 aromatic heterocycles. The van der Waals surface area contributed by atoms with Gasteiger partial charge in [-0.05, 0) is 73.5 Å². The molecule has 11 heteroatoms. The van der Waals surface area contributed by atoms with E-state index in [-0.39, 0.29) is 26.1 Å². The number of hydrogen-bond donors (Lipinski definition) is 2. The van der Waals surface area contributed by atoms with Gasteiger partial charge < -0.3 is 20.1 Å². The molecule has 5 nitrogen and oxygen atoms in total. The van der Waals surface area contributed by atoms with Crippen molar-refractivity contribution in [3.05, 3.63) is 46.8 Å². The number of halogens is 4. The monoisotopic (exact) mass is 649 g/mol. The number of fused-ring (bicyclic) bond motifs is 1. The first-order valence-corrected chi connectivity index (χ1v) is 18.1. The van der Waals surface area contributed by atoms with E-state index < -0.39 is 24.8 Å². The molecule has 2 saturated heterocycles. The van der Waals surface area contributed by atoms with E-state index in [0.717, 1.165) is 38.1 Å². The van der Waals surface area contributed by atoms with Crippen molar-refractivity contribution in [3.8, 4) is 17.6 Å². The molecule has 2 fully saturated rings. The summed E-state index contributed by atoms with van der Waals surface area (Å²) in [5, 5.41) is 8.29. The Morgan fingerprint density at radius 3 is 2.73 bits per heavy atom. The SMILES string of the molecule is COc1cc(P(C)C)ccc1NCC#Cc1sc2c(N[C@@H]3CCN(C4CCCCOC4)C[C@@H]3F)cccc2c1CC(F)(F)F. The van der Waals surface area contributed by atoms with Crippen LogP contribution in [0.25, 0.3) is 10.1 Å². The lowest BCUT2D eigenvalue weighted by molar-refractivity contribution is -0.126. The molecule has 2 aromatic carbocycles. The van der Waals surface area contributed by atoms with Crippen LogP contribution in [0.3, 0.4) is 0 Å². The predicted molar refractivity (Wildman–Crippen MR) is 175 cm³/mol. The molecule has 5 rings (SSSR count). The minimum Gasteiger partial charge on any atom is -0.495 e. The fraction of sp³-hybridized carbons (Fsp3) is 0.515. The Hall–Kier alpha value is -2.57. The Kier molecular flexibility index (Phi) is 10.9. The number of methoxy groups -OCH3 is 1. The zero-order valence-corrected chi connectivity index (χ0v) is 27.1. The smallest absolute Gasteiger partial charge is 0.393 e. The number of benzene rings is 2. The normalized spacial score (nSPS) is 21.5. The van der Waals surface area contributed by atoms with Gasteiger partial charge in [-0.2, -0.15) is 13.2 Å². The number of alkyl halides is 4. The maximum atomic E-state index is 15.5. The third kappa shape index (κ3) is 8.17. The van der Waals surface area contributed by atoms with Crippen LogP contribution < -0.4 is 20.7 Å². The molecule has 3 atom stereocenters. The number of nitrogens with zero attached hydrogens (tertiary/aromatic N) is 1. The first-order valence-electron chi connectivity index (χ1n) is 15.0. The van der Waals surface area contributed by atoms with E-state index in [9.17, 15) is 13.2 Å². The summed E-state index contributed by atoms with van der Waals surface area (Å²) in [5.74, 6) is 6.71. The molecule has 0 radical (unpaired) electrons. The lowest BCUT2D eigenvalue weighted by Crippen LogP contribution is -2.52. The van der Waals surface area contributed by atoms with Gasteiger partial charge in [-0.25, -0.2) is 4.39 Å². The van der Waals surface area contributed by atoms with E-state index in [1.807, 2.05) is 24.3 Å². The van der Waals surface area contributed by atoms with Crippen LogP contribution in [0.4, 0.5) is 28.9 Å². The molecule has 0 saturated carbocycles. The first-order chi connectivity index (χ1) is 21.1. The summed E-state index contributed by atoms with van der Waals surface area (Å²) in [7, 11) is 1.33. The van der Waals surface area contributed by atoms with Gasteiger partial charge in [0.05, 0.1) is 53.7 Å². The summed E-state index contributed by atoms with van der Waals surface area (Å²) >= 11 is 1.23. The Morgan fingerprint density at radius 1 is 1.14 bits per heavy atom. The second-order valence-corrected chi connectivity index (χ2v) is 14.9. The van der Waals surface area contributed by atoms with E-state index in [0.29, 0.717) is 46.0 Å². The standard InChI is InChI=1S/C33H40F4N3O2PS/c1-41-30-18-23(43(2)3)12-13-28(30)38-15-7-11-31-25(19-33(35,36)37)24-9-6-10-29(32(24)44-31)39-27-14-16-40(20-26(27)34)22-8-4-5-17-42-21-22/h6,9-10,12-13,18,22,26-27,38-39H,4-5,8,14-17,19-21H2,1-3H3/t22?,26-,27+/m0/s1. The summed E-state index contributed by atoms with van der Waals surface area (Å²) in [6.45, 7) is 7.05. The number of hydrogen-bond acceptors (Lipinski definition) is 6. The molecule has 238 valence electrons. The number of piperidine rings is 1. The predicted octanol–water partition coefficient (Wildman–Crippen LogP) is 7.24. The fourth-order valence-electron chi connectivity index (χ4n) is 5.93. The van der Waals surface area contributed by atoms with Crippen LogP contribution in [-0.4, -0.2) is 82.6 Å². The third-order valence-corrected chi connectivity index (χ3v) is 10.8. The summed E-state index contributed by atoms with van der Waals surface area (Å²) in [5.41, 5.74) is 1.59. The van der Waals surface area contributed by atoms with E-state index in [4.69, 9.17) is 9.47 Å². The minimum absolute atomic E-state index is 0.162. The summed E-state index contributed by atoms with van der Waals surface area (Å²) < 4.78 is 68.5. The van der Waals surface area contributed by atoms with Crippen LogP contribution in [0.5, 0.6) is 5.75 Å². The minimum atomic E-state index is -4.39. The van der Waals surface area contributed by atoms with Crippen molar-refractivity contribution in [2.45, 2.75) is 56.5 Å². The molecule has 1 unspecified atom stereocenters. The molecule has 0 aliphatic carbocycles. The van der Waals surface area contributed by atoms with Crippen molar-refractivity contribution in [2.24, 2.45) is 0 Å². The highest BCUT2D eigenvalue weighted by atomic mass is 32.1. The fourth-order valence-corrected chi connectivity index (χ4v) is 7.85. The summed E-state index contributed by atoms with van der Waals surface area (Å²) in [6.07, 6.45) is -2.82. The molecule has 44 heavy (non-hydrogen) atoms. The summed E-state index contributed by atoms with van der Waals surface area (Å²) in [6, 6.07) is 11.1. The Bertz CT molecular complexity index is 1480. The molecule has 3 aromatic rings. The maximum absolute atomic E-state index is 15.5. The summed E-state index contributed by atoms with van der Waals surface area (Å²) in [4.78, 5) is 2.57. The van der Waals surface area contributed by atoms with Crippen LogP contribution in [0.15, 0.2) is 36.4 Å². The van der Waals surface area contributed by atoms with Crippen LogP contribution in [0.2, 0.25) is 0 Å². The van der Waals surface area contributed by atoms with E-state index in [1.54, 1.807) is 19.2 Å². The number of ether oxygens (including phenoxy) is 2. The largest absolute Gasteiger partial charge is 0.495 e. The zero-order valence-electron chi connectivity index (χ0n) is 25.4. The van der Waals surface area contributed by atoms with Crippen molar-refractivity contribution in [1.29, 1.82) is 0 Å². The third-order valence-electron chi connectivity index (χ3n) is 8.28. The van der Waals surface area contributed by atoms with E-state index >= 15 is 4.39 Å². The van der Waals surface area contributed by atoms with E-state index in [2.05, 4.69) is 40.7 Å². The molecule has 2 N–H and O–H groups in total. The molecule has 3 heterocycles. The Balaban J connectivity index is 1.33. The van der Waals surface area contributed by atoms with Crippen LogP contribution in [0.1, 0.15) is 36.1 Å². The van der Waals surface area contributed by atoms with Crippen LogP contribution >= 0.6 is 19.3 Å². The quantitative estimate of drug-likeness (QED) is 0.153. The second-order valence-electron chi connectivity index (χ2n) is 11.6. The molecular weight excluding hydrogens is 609 g/mol. The van der Waals surface area contributed by atoms with Crippen molar-refractivity contribution in [1.82, 2.24) is 4.90 Å². The molecule has 2 aliphatic rings. The molecule has 2 aliphatic heterocycles. The van der Waals surface area contributed by atoms with Gasteiger partial charge in [0, 0.05) is 25.7 Å². The number of thiophene rings is 1. The van der Waals surface area contributed by atoms with Crippen molar-refractivity contribution in [3.63, 3.8) is 0 Å². The van der Waals surface area contributed by atoms with Crippen LogP contribution in [-0.2, 0) is 11.2 Å². The second kappa shape index (κ2) is 14.7. The lowest BCUT2D eigenvalue weighted by Gasteiger charge is -2.39. The molecule has 0 spiro atoms. The van der Waals surface area contributed by atoms with Crippen LogP contribution in [0, 0.1) is 11.8 Å². The highest BCUT2D eigenvalue weighted by Gasteiger charge is 2.34. The van der Waals surface area contributed by atoms with Gasteiger partial charge in [0.25, 0.3) is 0 Å². The van der Waals surface area contributed by atoms with Gasteiger partial charge in [-0.3, -0.25) is 4.90 Å². The molecule has 0 bridgehead atoms. The van der Waals surface area contributed by atoms with Gasteiger partial charge in [0.2, 0.25) is 0 Å². The number of rotatable bonds is 8. The Labute approximate surface area is 262 Å². The van der Waals surface area contributed by atoms with Gasteiger partial charge in [0.15, 0.2) is 0 Å². The first kappa shape index (κ1) is 32.8. The molecule has 0 amide bonds. The topological polar surface area (TPSA) is 45.8 Å². The van der Waals surface area contributed by atoms with Gasteiger partial charge in [-0.1, -0.05) is 38.0 Å². The van der Waals surface area contributed by atoms with Crippen molar-refractivity contribution in [2.75, 3.05) is 63.9 Å². The van der Waals surface area contributed by atoms with Gasteiger partial charge in [-0.15, -0.1) is 11.3 Å². The van der Waals surface area contributed by atoms with Crippen molar-refractivity contribution < 1.29 is 27.0 Å². The Morgan fingerprint density at radius 2 is 1.98 bits per heavy atom. The highest BCUT2D eigenvalue weighted by Crippen LogP contribution is 2.40. The maximum Gasteiger partial charge on any atom is 0.393 e. The number of nitrogens with one attached hydrogen (secondary N) is 2. The van der Waals surface area contributed by atoms with Crippen molar-refractivity contribution >= 4 is 46.0 Å². The lowest BCUT2D eigenvalue weighted by atomic mass is 9.99. The number of anilines is 2. The molecular formula is C33H40F4N3O2PS.